The van der Waals surface area contributed by atoms with E-state index in [4.69, 9.17) is 0 Å². The van der Waals surface area contributed by atoms with Crippen molar-refractivity contribution >= 4 is 33.3 Å². The molecule has 11 heteroatoms. The molecule has 2 N–H and O–H groups in total. The van der Waals surface area contributed by atoms with Gasteiger partial charge in [-0.2, -0.15) is 5.26 Å². The maximum Gasteiger partial charge on any atom is 0.266 e. The lowest BCUT2D eigenvalue weighted by molar-refractivity contribution is -0.478. The van der Waals surface area contributed by atoms with Gasteiger partial charge in [-0.15, -0.1) is 5.43 Å². The van der Waals surface area contributed by atoms with E-state index in [1.165, 1.54) is 41.4 Å². The average molecular weight is 489 g/mol. The minimum absolute atomic E-state index is 0.154. The summed E-state index contributed by atoms with van der Waals surface area (Å²) in [5.74, 6) is -4.30. The second-order valence-corrected chi connectivity index (χ2v) is 12.1. The Morgan fingerprint density at radius 1 is 1.21 bits per heavy atom. The lowest BCUT2D eigenvalue weighted by Gasteiger charge is -2.19. The Balaban J connectivity index is 1.71. The second-order valence-electron chi connectivity index (χ2n) is 9.43. The molecule has 2 unspecified atom stereocenters. The van der Waals surface area contributed by atoms with Gasteiger partial charge >= 0.3 is 0 Å². The summed E-state index contributed by atoms with van der Waals surface area (Å²) in [7, 11) is -3.54. The highest BCUT2D eigenvalue weighted by atomic mass is 32.2. The summed E-state index contributed by atoms with van der Waals surface area (Å²) in [6.45, 7) is 4.85. The van der Waals surface area contributed by atoms with Crippen molar-refractivity contribution in [3.05, 3.63) is 52.4 Å². The van der Waals surface area contributed by atoms with Crippen LogP contribution in [0, 0.1) is 23.2 Å². The number of halogens is 2. The normalized spacial score (nSPS) is 24.1. The molecule has 1 saturated carbocycles. The molecule has 2 aromatic rings. The van der Waals surface area contributed by atoms with Gasteiger partial charge in [0.05, 0.1) is 33.2 Å². The average Bonchev–Trinajstić information content (AvgIpc) is 3.24. The lowest BCUT2D eigenvalue weighted by atomic mass is 9.99. The summed E-state index contributed by atoms with van der Waals surface area (Å²) in [5, 5.41) is 9.29. The molecule has 0 bridgehead atoms. The molecule has 0 amide bonds. The van der Waals surface area contributed by atoms with E-state index in [1.807, 2.05) is 6.07 Å². The molecule has 2 heterocycles. The number of hydrogen-bond acceptors (Lipinski definition) is 5. The zero-order valence-electron chi connectivity index (χ0n) is 18.8. The smallest absolute Gasteiger partial charge is 0.266 e. The van der Waals surface area contributed by atoms with Crippen molar-refractivity contribution in [2.24, 2.45) is 16.8 Å². The van der Waals surface area contributed by atoms with E-state index in [9.17, 15) is 27.3 Å². The number of hydrogen-bond donors (Lipinski definition) is 2. The van der Waals surface area contributed by atoms with Gasteiger partial charge in [0.15, 0.2) is 21.6 Å². The number of hydrazone groups is 1. The Bertz CT molecular complexity index is 1400. The number of nitrogens with zero attached hydrogens (tertiary/aromatic N) is 3. The Morgan fingerprint density at radius 2 is 1.88 bits per heavy atom. The van der Waals surface area contributed by atoms with Gasteiger partial charge in [0.2, 0.25) is 11.8 Å². The van der Waals surface area contributed by atoms with Gasteiger partial charge in [-0.25, -0.2) is 22.2 Å². The highest BCUT2D eigenvalue weighted by molar-refractivity contribution is 7.92. The van der Waals surface area contributed by atoms with Crippen molar-refractivity contribution in [3.63, 3.8) is 0 Å². The fourth-order valence-corrected chi connectivity index (χ4v) is 5.24. The molecule has 1 aliphatic carbocycles. The molecule has 1 aromatic heterocycles. The molecule has 0 radical (unpaired) electrons. The number of nitriles is 1. The topological polar surface area (TPSA) is 118 Å². The second kappa shape index (κ2) is 8.13. The van der Waals surface area contributed by atoms with Crippen molar-refractivity contribution in [1.82, 2.24) is 10.4 Å². The number of pyridine rings is 1. The fourth-order valence-electron chi connectivity index (χ4n) is 4.04. The summed E-state index contributed by atoms with van der Waals surface area (Å²) >= 11 is 0. The van der Waals surface area contributed by atoms with Crippen LogP contribution in [0.4, 0.5) is 20.2 Å². The maximum atomic E-state index is 13.9. The first-order chi connectivity index (χ1) is 15.8. The van der Waals surface area contributed by atoms with E-state index in [2.05, 4.69) is 15.4 Å². The van der Waals surface area contributed by atoms with Gasteiger partial charge < -0.3 is 4.98 Å². The zero-order chi connectivity index (χ0) is 24.9. The van der Waals surface area contributed by atoms with E-state index in [1.54, 1.807) is 26.8 Å². The van der Waals surface area contributed by atoms with Crippen LogP contribution in [0.2, 0.25) is 0 Å². The molecule has 34 heavy (non-hydrogen) atoms. The fraction of sp³-hybridized carbons (Fsp3) is 0.391. The van der Waals surface area contributed by atoms with Crippen LogP contribution in [0.5, 0.6) is 0 Å². The highest BCUT2D eigenvalue weighted by Gasteiger charge is 2.48. The van der Waals surface area contributed by atoms with Crippen molar-refractivity contribution < 1.29 is 21.9 Å². The molecule has 8 nitrogen and oxygen atoms in total. The number of hydrazine groups is 1. The number of rotatable bonds is 3. The third kappa shape index (κ3) is 4.25. The maximum absolute atomic E-state index is 13.9. The molecule has 1 fully saturated rings. The number of benzene rings is 1. The SMILES string of the molecule is CC(C)(C)S(=O)(=O)c1ccc(N=C2N[N+](=CC3CC(F)(F)CC3C#N)c3cc[nH]c(=O)c32)cc1. The van der Waals surface area contributed by atoms with E-state index >= 15 is 0 Å². The molecule has 1 aliphatic heterocycles. The predicted octanol–water partition coefficient (Wildman–Crippen LogP) is 3.44. The summed E-state index contributed by atoms with van der Waals surface area (Å²) in [5.41, 5.74) is 3.54. The minimum Gasteiger partial charge on any atom is -0.328 e. The predicted molar refractivity (Wildman–Crippen MR) is 123 cm³/mol. The molecule has 0 saturated heterocycles. The summed E-state index contributed by atoms with van der Waals surface area (Å²) in [6.07, 6.45) is 1.96. The van der Waals surface area contributed by atoms with Gasteiger partial charge in [-0.1, -0.05) is 4.68 Å². The van der Waals surface area contributed by atoms with E-state index in [-0.39, 0.29) is 16.3 Å². The van der Waals surface area contributed by atoms with Gasteiger partial charge in [0, 0.05) is 25.1 Å². The molecule has 0 spiro atoms. The van der Waals surface area contributed by atoms with Gasteiger partial charge in [0.1, 0.15) is 0 Å². The lowest BCUT2D eigenvalue weighted by Crippen LogP contribution is -2.29. The van der Waals surface area contributed by atoms with Crippen LogP contribution in [0.25, 0.3) is 0 Å². The molecular formula is C23H24F2N5O3S+. The van der Waals surface area contributed by atoms with E-state index in [0.29, 0.717) is 11.4 Å². The first-order valence-electron chi connectivity index (χ1n) is 10.7. The molecule has 178 valence electrons. The number of fused-ring (bicyclic) bond motifs is 1. The highest BCUT2D eigenvalue weighted by Crippen LogP contribution is 2.42. The third-order valence-corrected chi connectivity index (χ3v) is 8.44. The number of nitrogens with one attached hydrogen (secondary N) is 2. The van der Waals surface area contributed by atoms with Crippen LogP contribution in [-0.2, 0) is 9.84 Å². The van der Waals surface area contributed by atoms with Gasteiger partial charge in [-0.3, -0.25) is 4.79 Å². The third-order valence-electron chi connectivity index (χ3n) is 5.93. The van der Waals surface area contributed by atoms with Gasteiger partial charge in [-0.05, 0) is 45.0 Å². The first-order valence-corrected chi connectivity index (χ1v) is 12.1. The number of alkyl halides is 2. The Hall–Kier alpha value is -3.39. The Labute approximate surface area is 195 Å². The largest absolute Gasteiger partial charge is 0.328 e. The molecule has 4 rings (SSSR count). The first kappa shape index (κ1) is 23.8. The standard InChI is InChI=1S/C23H23F2N5O3S/c1-22(2,3)34(32,33)17-6-4-16(5-7-17)28-20-19-18(8-9-27-21(19)31)30(29-20)13-15-11-23(24,25)10-14(15)12-26/h4-9,13-15H,10-11H2,1-3H3,(H-,27,28,29,31)/p+1. The van der Waals surface area contributed by atoms with Crippen LogP contribution >= 0.6 is 0 Å². The van der Waals surface area contributed by atoms with Crippen LogP contribution < -0.4 is 11.0 Å². The van der Waals surface area contributed by atoms with Crippen molar-refractivity contribution in [1.29, 1.82) is 5.26 Å². The van der Waals surface area contributed by atoms with E-state index < -0.39 is 50.7 Å². The monoisotopic (exact) mass is 488 g/mol. The zero-order valence-corrected chi connectivity index (χ0v) is 19.7. The number of aromatic amines is 1. The van der Waals surface area contributed by atoms with Crippen molar-refractivity contribution in [2.45, 2.75) is 49.2 Å². The van der Waals surface area contributed by atoms with E-state index in [0.717, 1.165) is 0 Å². The number of H-pyrrole nitrogens is 1. The number of sulfone groups is 1. The summed E-state index contributed by atoms with van der Waals surface area (Å²) in [4.78, 5) is 19.7. The summed E-state index contributed by atoms with van der Waals surface area (Å²) in [6, 6.07) is 9.51. The van der Waals surface area contributed by atoms with Crippen molar-refractivity contribution in [3.8, 4) is 6.07 Å². The molecule has 2 aliphatic rings. The Kier molecular flexibility index (Phi) is 5.68. The van der Waals surface area contributed by atoms with Crippen molar-refractivity contribution in [2.75, 3.05) is 0 Å². The van der Waals surface area contributed by atoms with Crippen LogP contribution in [0.1, 0.15) is 39.2 Å². The number of aliphatic imine (C=N–C) groups is 1. The quantitative estimate of drug-likeness (QED) is 0.642. The molecule has 1 aromatic carbocycles. The van der Waals surface area contributed by atoms with Crippen LogP contribution in [-0.4, -0.2) is 40.8 Å². The summed E-state index contributed by atoms with van der Waals surface area (Å²) < 4.78 is 53.5. The number of aromatic nitrogens is 1. The Morgan fingerprint density at radius 3 is 2.50 bits per heavy atom. The van der Waals surface area contributed by atoms with Crippen LogP contribution in [0.15, 0.2) is 51.2 Å². The molecular weight excluding hydrogens is 464 g/mol. The number of amidine groups is 1. The van der Waals surface area contributed by atoms with Gasteiger partial charge in [0.25, 0.3) is 11.2 Å². The molecule has 2 atom stereocenters. The minimum atomic E-state index is -3.54. The van der Waals surface area contributed by atoms with Crippen LogP contribution in [0.3, 0.4) is 0 Å².